The number of nitrogens with one attached hydrogen (secondary N) is 2. The molecule has 33 heavy (non-hydrogen) atoms. The Morgan fingerprint density at radius 2 is 1.64 bits per heavy atom. The molecule has 0 saturated carbocycles. The van der Waals surface area contributed by atoms with E-state index in [0.29, 0.717) is 5.95 Å². The van der Waals surface area contributed by atoms with E-state index in [9.17, 15) is 0 Å². The van der Waals surface area contributed by atoms with Gasteiger partial charge in [-0.15, -0.1) is 0 Å². The van der Waals surface area contributed by atoms with Crippen molar-refractivity contribution >= 4 is 34.2 Å². The highest BCUT2D eigenvalue weighted by atomic mass is 15.3. The summed E-state index contributed by atoms with van der Waals surface area (Å²) >= 11 is 0. The number of para-hydroxylation sites is 2. The number of aromatic nitrogens is 4. The second-order valence-electron chi connectivity index (χ2n) is 8.27. The molecule has 172 valence electrons. The van der Waals surface area contributed by atoms with Crippen molar-refractivity contribution in [3.05, 3.63) is 65.9 Å². The zero-order valence-corrected chi connectivity index (χ0v) is 20.0. The minimum absolute atomic E-state index is 0.567. The second-order valence-corrected chi connectivity index (χ2v) is 8.27. The molecular weight excluding hydrogens is 410 g/mol. The summed E-state index contributed by atoms with van der Waals surface area (Å²) in [7, 11) is 0. The fourth-order valence-electron chi connectivity index (χ4n) is 4.03. The maximum Gasteiger partial charge on any atom is 0.229 e. The number of hydrogen-bond donors (Lipinski definition) is 2. The Kier molecular flexibility index (Phi) is 7.19. The van der Waals surface area contributed by atoms with Crippen molar-refractivity contribution in [3.8, 4) is 0 Å². The Bertz CT molecular complexity index is 1180. The molecule has 4 rings (SSSR count). The minimum Gasteiger partial charge on any atom is -0.338 e. The molecule has 2 N–H and O–H groups in total. The topological polar surface area (TPSA) is 70.9 Å². The van der Waals surface area contributed by atoms with Crippen LogP contribution in [0, 0.1) is 13.8 Å². The Hall–Kier alpha value is -3.45. The summed E-state index contributed by atoms with van der Waals surface area (Å²) < 4.78 is 2.01. The van der Waals surface area contributed by atoms with E-state index in [0.717, 1.165) is 60.8 Å². The molecule has 0 atom stereocenters. The molecule has 4 aromatic rings. The largest absolute Gasteiger partial charge is 0.338 e. The predicted octanol–water partition coefficient (Wildman–Crippen LogP) is 5.66. The van der Waals surface area contributed by atoms with Crippen LogP contribution in [0.15, 0.2) is 54.7 Å². The van der Waals surface area contributed by atoms with Gasteiger partial charge in [-0.2, -0.15) is 10.1 Å². The van der Waals surface area contributed by atoms with E-state index in [1.165, 1.54) is 11.1 Å². The minimum atomic E-state index is 0.567. The van der Waals surface area contributed by atoms with Crippen LogP contribution in [0.1, 0.15) is 31.4 Å². The third-order valence-corrected chi connectivity index (χ3v) is 5.98. The molecule has 7 nitrogen and oxygen atoms in total. The van der Waals surface area contributed by atoms with E-state index < -0.39 is 0 Å². The number of aryl methyl sites for hydroxylation is 3. The Morgan fingerprint density at radius 1 is 0.909 bits per heavy atom. The molecule has 7 heteroatoms. The number of fused-ring (bicyclic) bond motifs is 1. The summed E-state index contributed by atoms with van der Waals surface area (Å²) in [4.78, 5) is 11.8. The highest BCUT2D eigenvalue weighted by Gasteiger charge is 2.16. The molecule has 0 unspecified atom stereocenters. The summed E-state index contributed by atoms with van der Waals surface area (Å²) in [6, 6.07) is 16.3. The third kappa shape index (κ3) is 5.31. The maximum atomic E-state index is 4.92. The zero-order valence-electron chi connectivity index (χ0n) is 20.0. The van der Waals surface area contributed by atoms with E-state index in [4.69, 9.17) is 10.1 Å². The summed E-state index contributed by atoms with van der Waals surface area (Å²) in [6.07, 6.45) is 2.87. The fourth-order valence-corrected chi connectivity index (χ4v) is 4.03. The van der Waals surface area contributed by atoms with Gasteiger partial charge in [0.05, 0.1) is 5.39 Å². The molecule has 0 aliphatic heterocycles. The number of rotatable bonds is 10. The molecule has 0 spiro atoms. The summed E-state index contributed by atoms with van der Waals surface area (Å²) in [6.45, 7) is 12.6. The molecule has 0 bridgehead atoms. The highest BCUT2D eigenvalue weighted by molar-refractivity contribution is 5.90. The van der Waals surface area contributed by atoms with Gasteiger partial charge in [0.2, 0.25) is 5.95 Å². The summed E-state index contributed by atoms with van der Waals surface area (Å²) in [5, 5.41) is 12.7. The molecule has 2 heterocycles. The lowest BCUT2D eigenvalue weighted by atomic mass is 10.1. The molecule has 0 fully saturated rings. The van der Waals surface area contributed by atoms with Crippen LogP contribution in [0.3, 0.4) is 0 Å². The molecular formula is C26H33N7. The summed E-state index contributed by atoms with van der Waals surface area (Å²) in [5.74, 6) is 1.36. The maximum absolute atomic E-state index is 4.92. The molecule has 0 aliphatic carbocycles. The predicted molar refractivity (Wildman–Crippen MR) is 137 cm³/mol. The van der Waals surface area contributed by atoms with Gasteiger partial charge in [0.1, 0.15) is 0 Å². The molecule has 2 aromatic carbocycles. The van der Waals surface area contributed by atoms with Crippen LogP contribution in [-0.2, 0) is 6.54 Å². The first-order valence-corrected chi connectivity index (χ1v) is 11.7. The average molecular weight is 444 g/mol. The van der Waals surface area contributed by atoms with Gasteiger partial charge in [-0.3, -0.25) is 0 Å². The molecule has 0 saturated heterocycles. The van der Waals surface area contributed by atoms with Gasteiger partial charge in [-0.1, -0.05) is 50.2 Å². The summed E-state index contributed by atoms with van der Waals surface area (Å²) in [5.41, 5.74) is 5.23. The first-order valence-electron chi connectivity index (χ1n) is 11.7. The van der Waals surface area contributed by atoms with Gasteiger partial charge < -0.3 is 15.5 Å². The number of benzene rings is 2. The SMILES string of the molecule is CCN(CC)CCCn1nc(Nc2c(C)cccc2C)c2cnc(Nc3ccccc3)nc21. The Morgan fingerprint density at radius 3 is 2.33 bits per heavy atom. The van der Waals surface area contributed by atoms with Crippen molar-refractivity contribution in [3.63, 3.8) is 0 Å². The lowest BCUT2D eigenvalue weighted by molar-refractivity contribution is 0.291. The Labute approximate surface area is 195 Å². The van der Waals surface area contributed by atoms with E-state index in [1.807, 2.05) is 41.2 Å². The quantitative estimate of drug-likeness (QED) is 0.329. The van der Waals surface area contributed by atoms with Crippen molar-refractivity contribution in [1.29, 1.82) is 0 Å². The van der Waals surface area contributed by atoms with Gasteiger partial charge in [-0.05, 0) is 63.2 Å². The van der Waals surface area contributed by atoms with Crippen LogP contribution in [-0.4, -0.2) is 44.3 Å². The standard InChI is InChI=1S/C26H33N7/c1-5-32(6-2)16-11-17-33-25-22(18-27-26(30-25)28-21-14-8-7-9-15-21)24(31-33)29-23-19(3)12-10-13-20(23)4/h7-10,12-15,18H,5-6,11,16-17H2,1-4H3,(H,29,31)(H,27,28,30). The van der Waals surface area contributed by atoms with Crippen LogP contribution in [0.4, 0.5) is 23.1 Å². The van der Waals surface area contributed by atoms with E-state index in [-0.39, 0.29) is 0 Å². The van der Waals surface area contributed by atoms with Gasteiger partial charge in [-0.25, -0.2) is 9.67 Å². The molecule has 0 radical (unpaired) electrons. The lowest BCUT2D eigenvalue weighted by Crippen LogP contribution is -2.25. The van der Waals surface area contributed by atoms with Crippen LogP contribution >= 0.6 is 0 Å². The van der Waals surface area contributed by atoms with Crippen molar-refractivity contribution < 1.29 is 0 Å². The Balaban J connectivity index is 1.67. The zero-order chi connectivity index (χ0) is 23.2. The highest BCUT2D eigenvalue weighted by Crippen LogP contribution is 2.29. The van der Waals surface area contributed by atoms with Crippen molar-refractivity contribution in [1.82, 2.24) is 24.6 Å². The van der Waals surface area contributed by atoms with E-state index in [2.05, 4.69) is 66.4 Å². The first-order chi connectivity index (χ1) is 16.1. The second kappa shape index (κ2) is 10.4. The van der Waals surface area contributed by atoms with Crippen LogP contribution in [0.25, 0.3) is 11.0 Å². The van der Waals surface area contributed by atoms with Crippen LogP contribution < -0.4 is 10.6 Å². The smallest absolute Gasteiger partial charge is 0.229 e. The fraction of sp³-hybridized carbons (Fsp3) is 0.346. The number of anilines is 4. The number of hydrogen-bond acceptors (Lipinski definition) is 6. The van der Waals surface area contributed by atoms with Gasteiger partial charge in [0.25, 0.3) is 0 Å². The lowest BCUT2D eigenvalue weighted by Gasteiger charge is -2.17. The van der Waals surface area contributed by atoms with Gasteiger partial charge in [0.15, 0.2) is 11.5 Å². The molecule has 2 aromatic heterocycles. The van der Waals surface area contributed by atoms with Crippen molar-refractivity contribution in [2.24, 2.45) is 0 Å². The van der Waals surface area contributed by atoms with E-state index in [1.54, 1.807) is 0 Å². The molecule has 0 aliphatic rings. The first kappa shape index (κ1) is 22.7. The van der Waals surface area contributed by atoms with Gasteiger partial charge >= 0.3 is 0 Å². The van der Waals surface area contributed by atoms with Crippen molar-refractivity contribution in [2.75, 3.05) is 30.3 Å². The normalized spacial score (nSPS) is 11.3. The monoisotopic (exact) mass is 443 g/mol. The van der Waals surface area contributed by atoms with Gasteiger partial charge in [0, 0.05) is 24.1 Å². The van der Waals surface area contributed by atoms with Crippen LogP contribution in [0.5, 0.6) is 0 Å². The average Bonchev–Trinajstić information content (AvgIpc) is 3.16. The molecule has 0 amide bonds. The van der Waals surface area contributed by atoms with E-state index >= 15 is 0 Å². The van der Waals surface area contributed by atoms with Crippen LogP contribution in [0.2, 0.25) is 0 Å². The van der Waals surface area contributed by atoms with Crippen molar-refractivity contribution in [2.45, 2.75) is 40.7 Å². The number of nitrogens with zero attached hydrogens (tertiary/aromatic N) is 5. The third-order valence-electron chi connectivity index (χ3n) is 5.98.